The molecule has 0 heterocycles. The van der Waals surface area contributed by atoms with E-state index in [4.69, 9.17) is 26.2 Å². The smallest absolute Gasteiger partial charge is 0.339 e. The van der Waals surface area contributed by atoms with Gasteiger partial charge in [0.05, 0.1) is 13.7 Å². The van der Waals surface area contributed by atoms with Crippen LogP contribution < -0.4 is 9.47 Å². The van der Waals surface area contributed by atoms with Crippen LogP contribution in [0.15, 0.2) is 12.1 Å². The van der Waals surface area contributed by atoms with Gasteiger partial charge in [0.1, 0.15) is 16.3 Å². The highest BCUT2D eigenvalue weighted by Gasteiger charge is 2.17. The van der Waals surface area contributed by atoms with E-state index in [0.29, 0.717) is 12.4 Å². The highest BCUT2D eigenvalue weighted by Crippen LogP contribution is 2.36. The second-order valence-electron chi connectivity index (χ2n) is 2.70. The number of ether oxygens (including phenoxy) is 2. The summed E-state index contributed by atoms with van der Waals surface area (Å²) in [5.74, 6) is -0.542. The van der Waals surface area contributed by atoms with Crippen LogP contribution in [-0.2, 0) is 0 Å². The van der Waals surface area contributed by atoms with Gasteiger partial charge < -0.3 is 14.6 Å². The Morgan fingerprint density at radius 3 is 2.67 bits per heavy atom. The van der Waals surface area contributed by atoms with Gasteiger partial charge in [0.2, 0.25) is 0 Å². The number of hydrogen-bond donors (Lipinski definition) is 1. The second kappa shape index (κ2) is 4.89. The summed E-state index contributed by atoms with van der Waals surface area (Å²) < 4.78 is 10.1. The molecule has 0 saturated heterocycles. The van der Waals surface area contributed by atoms with E-state index in [1.54, 1.807) is 6.92 Å². The highest BCUT2D eigenvalue weighted by molar-refractivity contribution is 6.34. The van der Waals surface area contributed by atoms with E-state index in [0.717, 1.165) is 0 Å². The Morgan fingerprint density at radius 1 is 1.53 bits per heavy atom. The van der Waals surface area contributed by atoms with Crippen LogP contribution in [0.1, 0.15) is 17.3 Å². The maximum absolute atomic E-state index is 10.9. The molecule has 0 aliphatic carbocycles. The fourth-order valence-corrected chi connectivity index (χ4v) is 1.45. The molecule has 5 heteroatoms. The molecule has 0 aromatic heterocycles. The number of carboxylic acid groups (broad SMARTS) is 1. The van der Waals surface area contributed by atoms with Gasteiger partial charge in [0, 0.05) is 0 Å². The van der Waals surface area contributed by atoms with Gasteiger partial charge in [-0.05, 0) is 19.1 Å². The van der Waals surface area contributed by atoms with Crippen LogP contribution >= 0.6 is 11.6 Å². The topological polar surface area (TPSA) is 55.8 Å². The van der Waals surface area contributed by atoms with Crippen molar-refractivity contribution < 1.29 is 19.4 Å². The zero-order valence-electron chi connectivity index (χ0n) is 8.41. The number of methoxy groups -OCH3 is 1. The minimum atomic E-state index is -1.08. The lowest BCUT2D eigenvalue weighted by Crippen LogP contribution is -2.04. The lowest BCUT2D eigenvalue weighted by Gasteiger charge is -2.11. The zero-order chi connectivity index (χ0) is 11.4. The SMILES string of the molecule is CCOc1c(C(=O)O)ccc(OC)c1Cl. The van der Waals surface area contributed by atoms with Crippen LogP contribution in [0.4, 0.5) is 0 Å². The van der Waals surface area contributed by atoms with Gasteiger partial charge in [-0.1, -0.05) is 11.6 Å². The first-order valence-corrected chi connectivity index (χ1v) is 4.72. The average Bonchev–Trinajstić information content (AvgIpc) is 2.20. The lowest BCUT2D eigenvalue weighted by atomic mass is 10.2. The largest absolute Gasteiger partial charge is 0.495 e. The summed E-state index contributed by atoms with van der Waals surface area (Å²) in [6, 6.07) is 2.90. The van der Waals surface area contributed by atoms with Crippen molar-refractivity contribution in [2.45, 2.75) is 6.92 Å². The first-order valence-electron chi connectivity index (χ1n) is 4.34. The summed E-state index contributed by atoms with van der Waals surface area (Å²) in [5.41, 5.74) is 0.0302. The van der Waals surface area contributed by atoms with Crippen LogP contribution in [0.3, 0.4) is 0 Å². The van der Waals surface area contributed by atoms with Crippen molar-refractivity contribution in [1.29, 1.82) is 0 Å². The summed E-state index contributed by atoms with van der Waals surface area (Å²) in [7, 11) is 1.46. The molecule has 0 saturated carbocycles. The molecule has 0 bridgehead atoms. The first-order chi connectivity index (χ1) is 7.11. The van der Waals surface area contributed by atoms with Gasteiger partial charge in [0.15, 0.2) is 5.75 Å². The number of rotatable bonds is 4. The van der Waals surface area contributed by atoms with Crippen molar-refractivity contribution in [1.82, 2.24) is 0 Å². The molecule has 1 aromatic rings. The molecule has 0 fully saturated rings. The van der Waals surface area contributed by atoms with Gasteiger partial charge in [-0.2, -0.15) is 0 Å². The van der Waals surface area contributed by atoms with Gasteiger partial charge >= 0.3 is 5.97 Å². The molecule has 0 amide bonds. The first kappa shape index (κ1) is 11.7. The van der Waals surface area contributed by atoms with Crippen molar-refractivity contribution in [3.05, 3.63) is 22.7 Å². The number of aromatic carboxylic acids is 1. The van der Waals surface area contributed by atoms with Crippen molar-refractivity contribution in [2.24, 2.45) is 0 Å². The van der Waals surface area contributed by atoms with Crippen LogP contribution in [0.2, 0.25) is 5.02 Å². The molecule has 15 heavy (non-hydrogen) atoms. The van der Waals surface area contributed by atoms with Crippen LogP contribution in [0.5, 0.6) is 11.5 Å². The quantitative estimate of drug-likeness (QED) is 0.863. The molecule has 0 unspecified atom stereocenters. The van der Waals surface area contributed by atoms with E-state index in [1.165, 1.54) is 19.2 Å². The monoisotopic (exact) mass is 230 g/mol. The Kier molecular flexibility index (Phi) is 3.80. The highest BCUT2D eigenvalue weighted by atomic mass is 35.5. The third-order valence-electron chi connectivity index (χ3n) is 1.80. The summed E-state index contributed by atoms with van der Waals surface area (Å²) in [5, 5.41) is 9.08. The van der Waals surface area contributed by atoms with Crippen molar-refractivity contribution in [3.8, 4) is 11.5 Å². The Balaban J connectivity index is 3.30. The molecule has 82 valence electrons. The predicted octanol–water partition coefficient (Wildman–Crippen LogP) is 2.45. The van der Waals surface area contributed by atoms with Crippen molar-refractivity contribution in [3.63, 3.8) is 0 Å². The van der Waals surface area contributed by atoms with E-state index in [1.807, 2.05) is 0 Å². The van der Waals surface area contributed by atoms with Crippen molar-refractivity contribution in [2.75, 3.05) is 13.7 Å². The maximum atomic E-state index is 10.9. The van der Waals surface area contributed by atoms with E-state index >= 15 is 0 Å². The molecular weight excluding hydrogens is 220 g/mol. The van der Waals surface area contributed by atoms with Crippen LogP contribution in [-0.4, -0.2) is 24.8 Å². The molecule has 0 spiro atoms. The minimum Gasteiger partial charge on any atom is -0.495 e. The number of halogens is 1. The molecule has 0 atom stereocenters. The average molecular weight is 231 g/mol. The van der Waals surface area contributed by atoms with Gasteiger partial charge in [-0.3, -0.25) is 0 Å². The maximum Gasteiger partial charge on any atom is 0.339 e. The normalized spacial score (nSPS) is 9.80. The Labute approximate surface area is 92.4 Å². The third-order valence-corrected chi connectivity index (χ3v) is 2.16. The fourth-order valence-electron chi connectivity index (χ4n) is 1.15. The third kappa shape index (κ3) is 2.33. The van der Waals surface area contributed by atoms with E-state index in [-0.39, 0.29) is 16.3 Å². The summed E-state index contributed by atoms with van der Waals surface area (Å²) >= 11 is 5.92. The molecule has 0 aliphatic rings. The van der Waals surface area contributed by atoms with Gasteiger partial charge in [-0.15, -0.1) is 0 Å². The summed E-state index contributed by atoms with van der Waals surface area (Å²) in [6.45, 7) is 2.09. The molecule has 4 nitrogen and oxygen atoms in total. The second-order valence-corrected chi connectivity index (χ2v) is 3.07. The van der Waals surface area contributed by atoms with E-state index < -0.39 is 5.97 Å². The van der Waals surface area contributed by atoms with E-state index in [9.17, 15) is 4.79 Å². The Hall–Kier alpha value is -1.42. The number of hydrogen-bond acceptors (Lipinski definition) is 3. The van der Waals surface area contributed by atoms with Gasteiger partial charge in [-0.25, -0.2) is 4.79 Å². The number of benzene rings is 1. The van der Waals surface area contributed by atoms with Gasteiger partial charge in [0.25, 0.3) is 0 Å². The molecule has 1 aromatic carbocycles. The molecule has 1 N–H and O–H groups in total. The van der Waals surface area contributed by atoms with Crippen LogP contribution in [0.25, 0.3) is 0 Å². The van der Waals surface area contributed by atoms with E-state index in [2.05, 4.69) is 0 Å². The molecule has 0 aliphatic heterocycles. The Morgan fingerprint density at radius 2 is 2.20 bits per heavy atom. The number of carboxylic acids is 1. The zero-order valence-corrected chi connectivity index (χ0v) is 9.17. The lowest BCUT2D eigenvalue weighted by molar-refractivity contribution is 0.0692. The Bertz CT molecular complexity index is 376. The molecule has 1 rings (SSSR count). The summed E-state index contributed by atoms with van der Waals surface area (Å²) in [6.07, 6.45) is 0. The summed E-state index contributed by atoms with van der Waals surface area (Å²) in [4.78, 5) is 10.9. The minimum absolute atomic E-state index is 0.0302. The van der Waals surface area contributed by atoms with Crippen LogP contribution in [0, 0.1) is 0 Å². The standard InChI is InChI=1S/C10H11ClO4/c1-3-15-9-6(10(12)13)4-5-7(14-2)8(9)11/h4-5H,3H2,1-2H3,(H,12,13). The molecular formula is C10H11ClO4. The predicted molar refractivity (Wildman–Crippen MR) is 56.1 cm³/mol. The number of carbonyl (C=O) groups is 1. The fraction of sp³-hybridized carbons (Fsp3) is 0.300. The molecule has 0 radical (unpaired) electrons. The van der Waals surface area contributed by atoms with Crippen molar-refractivity contribution >= 4 is 17.6 Å².